The predicted molar refractivity (Wildman–Crippen MR) is 69.5 cm³/mol. The van der Waals surface area contributed by atoms with Gasteiger partial charge in [-0.25, -0.2) is 4.98 Å². The highest BCUT2D eigenvalue weighted by atomic mass is 32.1. The van der Waals surface area contributed by atoms with Gasteiger partial charge in [-0.3, -0.25) is 0 Å². The predicted octanol–water partition coefficient (Wildman–Crippen LogP) is 3.55. The molecule has 0 amide bonds. The van der Waals surface area contributed by atoms with Gasteiger partial charge in [0.2, 0.25) is 0 Å². The van der Waals surface area contributed by atoms with Crippen molar-refractivity contribution in [1.29, 1.82) is 0 Å². The lowest BCUT2D eigenvalue weighted by Gasteiger charge is -2.00. The van der Waals surface area contributed by atoms with Crippen molar-refractivity contribution in [1.82, 2.24) is 4.98 Å². The SMILES string of the molecule is Nc1ncc(-c2ccc3ccccc3c2)s1. The van der Waals surface area contributed by atoms with Gasteiger partial charge in [0.05, 0.1) is 4.88 Å². The van der Waals surface area contributed by atoms with Crippen LogP contribution in [0.2, 0.25) is 0 Å². The third-order valence-electron chi connectivity index (χ3n) is 2.56. The zero-order valence-corrected chi connectivity index (χ0v) is 9.37. The van der Waals surface area contributed by atoms with Gasteiger partial charge in [0, 0.05) is 6.20 Å². The van der Waals surface area contributed by atoms with Crippen molar-refractivity contribution in [3.05, 3.63) is 48.7 Å². The smallest absolute Gasteiger partial charge is 0.180 e. The lowest BCUT2D eigenvalue weighted by Crippen LogP contribution is -1.77. The van der Waals surface area contributed by atoms with E-state index >= 15 is 0 Å². The van der Waals surface area contributed by atoms with Crippen molar-refractivity contribution < 1.29 is 0 Å². The fraction of sp³-hybridized carbons (Fsp3) is 0. The summed E-state index contributed by atoms with van der Waals surface area (Å²) in [5, 5.41) is 3.11. The van der Waals surface area contributed by atoms with Gasteiger partial charge in [0.25, 0.3) is 0 Å². The van der Waals surface area contributed by atoms with E-state index in [1.807, 2.05) is 18.3 Å². The maximum absolute atomic E-state index is 5.64. The van der Waals surface area contributed by atoms with Crippen LogP contribution in [0.15, 0.2) is 48.7 Å². The van der Waals surface area contributed by atoms with E-state index in [1.54, 1.807) is 0 Å². The van der Waals surface area contributed by atoms with E-state index in [0.717, 1.165) is 4.88 Å². The lowest BCUT2D eigenvalue weighted by atomic mass is 10.1. The first-order valence-electron chi connectivity index (χ1n) is 5.03. The molecule has 0 aliphatic carbocycles. The van der Waals surface area contributed by atoms with Gasteiger partial charge in [-0.05, 0) is 22.4 Å². The van der Waals surface area contributed by atoms with Crippen LogP contribution in [0.3, 0.4) is 0 Å². The maximum Gasteiger partial charge on any atom is 0.180 e. The van der Waals surface area contributed by atoms with Crippen LogP contribution in [0.4, 0.5) is 5.13 Å². The molecule has 78 valence electrons. The minimum absolute atomic E-state index is 0.614. The molecule has 2 N–H and O–H groups in total. The molecule has 2 nitrogen and oxygen atoms in total. The Labute approximate surface area is 97.4 Å². The third kappa shape index (κ3) is 1.55. The molecule has 0 radical (unpaired) electrons. The quantitative estimate of drug-likeness (QED) is 0.689. The van der Waals surface area contributed by atoms with Gasteiger partial charge in [0.15, 0.2) is 5.13 Å². The van der Waals surface area contributed by atoms with Crippen molar-refractivity contribution >= 4 is 27.2 Å². The molecule has 0 unspecified atom stereocenters. The van der Waals surface area contributed by atoms with Crippen LogP contribution in [-0.4, -0.2) is 4.98 Å². The Morgan fingerprint density at radius 3 is 2.56 bits per heavy atom. The van der Waals surface area contributed by atoms with Crippen molar-refractivity contribution in [3.8, 4) is 10.4 Å². The Morgan fingerprint density at radius 1 is 1.00 bits per heavy atom. The number of benzene rings is 2. The molecule has 0 saturated carbocycles. The molecule has 0 saturated heterocycles. The summed E-state index contributed by atoms with van der Waals surface area (Å²) < 4.78 is 0. The van der Waals surface area contributed by atoms with Crippen molar-refractivity contribution in [2.75, 3.05) is 5.73 Å². The van der Waals surface area contributed by atoms with Crippen LogP contribution in [0, 0.1) is 0 Å². The Kier molecular flexibility index (Phi) is 2.11. The van der Waals surface area contributed by atoms with Gasteiger partial charge >= 0.3 is 0 Å². The molecule has 0 spiro atoms. The number of hydrogen-bond acceptors (Lipinski definition) is 3. The molecule has 2 aromatic carbocycles. The summed E-state index contributed by atoms with van der Waals surface area (Å²) in [6.45, 7) is 0. The molecule has 16 heavy (non-hydrogen) atoms. The van der Waals surface area contributed by atoms with Crippen molar-refractivity contribution in [2.24, 2.45) is 0 Å². The average Bonchev–Trinajstić information content (AvgIpc) is 2.75. The Hall–Kier alpha value is -1.87. The average molecular weight is 226 g/mol. The summed E-state index contributed by atoms with van der Waals surface area (Å²) in [5.41, 5.74) is 6.81. The van der Waals surface area contributed by atoms with Gasteiger partial charge in [-0.2, -0.15) is 0 Å². The Morgan fingerprint density at radius 2 is 1.81 bits per heavy atom. The number of thiazole rings is 1. The van der Waals surface area contributed by atoms with E-state index in [2.05, 4.69) is 35.3 Å². The highest BCUT2D eigenvalue weighted by Gasteiger charge is 2.02. The van der Waals surface area contributed by atoms with Gasteiger partial charge in [-0.15, -0.1) is 0 Å². The van der Waals surface area contributed by atoms with E-state index in [4.69, 9.17) is 5.73 Å². The number of anilines is 1. The minimum Gasteiger partial charge on any atom is -0.375 e. The van der Waals surface area contributed by atoms with Crippen molar-refractivity contribution in [2.45, 2.75) is 0 Å². The van der Waals surface area contributed by atoms with Crippen LogP contribution in [0.1, 0.15) is 0 Å². The zero-order valence-electron chi connectivity index (χ0n) is 8.55. The molecule has 3 rings (SSSR count). The Bertz CT molecular complexity index is 643. The Balaban J connectivity index is 2.18. The highest BCUT2D eigenvalue weighted by molar-refractivity contribution is 7.18. The summed E-state index contributed by atoms with van der Waals surface area (Å²) in [6, 6.07) is 14.7. The first-order valence-corrected chi connectivity index (χ1v) is 5.85. The number of nitrogen functional groups attached to an aromatic ring is 1. The third-order valence-corrected chi connectivity index (χ3v) is 3.43. The van der Waals surface area contributed by atoms with E-state index in [-0.39, 0.29) is 0 Å². The van der Waals surface area contributed by atoms with Crippen LogP contribution in [-0.2, 0) is 0 Å². The molecule has 3 aromatic rings. The normalized spacial score (nSPS) is 10.8. The summed E-state index contributed by atoms with van der Waals surface area (Å²) in [5.74, 6) is 0. The number of rotatable bonds is 1. The first-order chi connectivity index (χ1) is 7.83. The van der Waals surface area contributed by atoms with E-state index in [9.17, 15) is 0 Å². The van der Waals surface area contributed by atoms with E-state index < -0.39 is 0 Å². The molecule has 1 aromatic heterocycles. The highest BCUT2D eigenvalue weighted by Crippen LogP contribution is 2.29. The molecular formula is C13H10N2S. The van der Waals surface area contributed by atoms with Crippen LogP contribution in [0.5, 0.6) is 0 Å². The fourth-order valence-electron chi connectivity index (χ4n) is 1.76. The molecule has 1 heterocycles. The summed E-state index contributed by atoms with van der Waals surface area (Å²) in [6.07, 6.45) is 1.82. The monoisotopic (exact) mass is 226 g/mol. The summed E-state index contributed by atoms with van der Waals surface area (Å²) in [4.78, 5) is 5.18. The molecule has 0 aliphatic heterocycles. The van der Waals surface area contributed by atoms with Gasteiger partial charge in [-0.1, -0.05) is 47.7 Å². The molecule has 3 heteroatoms. The van der Waals surface area contributed by atoms with Gasteiger partial charge < -0.3 is 5.73 Å². The molecule has 0 atom stereocenters. The fourth-order valence-corrected chi connectivity index (χ4v) is 2.44. The summed E-state index contributed by atoms with van der Waals surface area (Å²) in [7, 11) is 0. The van der Waals surface area contributed by atoms with E-state index in [1.165, 1.54) is 27.7 Å². The molecular weight excluding hydrogens is 216 g/mol. The van der Waals surface area contributed by atoms with Gasteiger partial charge in [0.1, 0.15) is 0 Å². The van der Waals surface area contributed by atoms with Crippen molar-refractivity contribution in [3.63, 3.8) is 0 Å². The molecule has 0 aliphatic rings. The van der Waals surface area contributed by atoms with Crippen LogP contribution >= 0.6 is 11.3 Å². The number of fused-ring (bicyclic) bond motifs is 1. The molecule has 0 fully saturated rings. The maximum atomic E-state index is 5.64. The zero-order chi connectivity index (χ0) is 11.0. The second-order valence-corrected chi connectivity index (χ2v) is 4.69. The number of nitrogens with two attached hydrogens (primary N) is 1. The van der Waals surface area contributed by atoms with Crippen LogP contribution in [0.25, 0.3) is 21.2 Å². The number of nitrogens with zero attached hydrogens (tertiary/aromatic N) is 1. The van der Waals surface area contributed by atoms with E-state index in [0.29, 0.717) is 5.13 Å². The van der Waals surface area contributed by atoms with Crippen LogP contribution < -0.4 is 5.73 Å². The molecule has 0 bridgehead atoms. The largest absolute Gasteiger partial charge is 0.375 e. The summed E-state index contributed by atoms with van der Waals surface area (Å²) >= 11 is 1.52. The standard InChI is InChI=1S/C13H10N2S/c14-13-15-8-12(16-13)11-6-5-9-3-1-2-4-10(9)7-11/h1-8H,(H2,14,15). The second kappa shape index (κ2) is 3.61. The number of hydrogen-bond donors (Lipinski definition) is 1. The lowest BCUT2D eigenvalue weighted by molar-refractivity contribution is 1.43. The minimum atomic E-state index is 0.614. The number of aromatic nitrogens is 1. The second-order valence-electron chi connectivity index (χ2n) is 3.62. The topological polar surface area (TPSA) is 38.9 Å². The first kappa shape index (κ1) is 9.36.